The van der Waals surface area contributed by atoms with Crippen molar-refractivity contribution in [2.24, 2.45) is 11.8 Å². The summed E-state index contributed by atoms with van der Waals surface area (Å²) >= 11 is 0. The van der Waals surface area contributed by atoms with Crippen LogP contribution in [-0.4, -0.2) is 19.9 Å². The van der Waals surface area contributed by atoms with Crippen molar-refractivity contribution in [3.63, 3.8) is 0 Å². The second-order valence-corrected chi connectivity index (χ2v) is 14.5. The minimum atomic E-state index is 0.188. The highest BCUT2D eigenvalue weighted by Gasteiger charge is 2.41. The minimum absolute atomic E-state index is 0.188. The van der Waals surface area contributed by atoms with Crippen molar-refractivity contribution in [2.45, 2.75) is 0 Å². The number of rotatable bonds is 3. The molecule has 0 bridgehead atoms. The normalized spacial score (nSPS) is 18.6. The van der Waals surface area contributed by atoms with E-state index in [0.717, 1.165) is 60.2 Å². The van der Waals surface area contributed by atoms with E-state index in [9.17, 15) is 0 Å². The smallest absolute Gasteiger partial charge is 0.0978 e. The van der Waals surface area contributed by atoms with E-state index in [2.05, 4.69) is 146 Å². The summed E-state index contributed by atoms with van der Waals surface area (Å²) in [5, 5.41) is 5.57. The molecule has 0 amide bonds. The first-order valence-electron chi connectivity index (χ1n) is 18.5. The summed E-state index contributed by atoms with van der Waals surface area (Å²) in [4.78, 5) is 20.3. The summed E-state index contributed by atoms with van der Waals surface area (Å²) < 4.78 is 0. The monoisotopic (exact) mass is 686 g/mol. The molecule has 4 aliphatic rings. The van der Waals surface area contributed by atoms with Gasteiger partial charge in [-0.25, -0.2) is 9.97 Å². The van der Waals surface area contributed by atoms with E-state index in [1.54, 1.807) is 0 Å². The third kappa shape index (κ3) is 4.19. The van der Waals surface area contributed by atoms with Crippen molar-refractivity contribution in [1.29, 1.82) is 0 Å². The molecule has 54 heavy (non-hydrogen) atoms. The Kier molecular flexibility index (Phi) is 6.14. The van der Waals surface area contributed by atoms with E-state index in [4.69, 9.17) is 19.9 Å². The predicted molar refractivity (Wildman–Crippen MR) is 221 cm³/mol. The summed E-state index contributed by atoms with van der Waals surface area (Å²) in [6.45, 7) is 0. The van der Waals surface area contributed by atoms with Crippen molar-refractivity contribution in [3.8, 4) is 11.1 Å². The van der Waals surface area contributed by atoms with Gasteiger partial charge >= 0.3 is 0 Å². The first kappa shape index (κ1) is 29.5. The lowest BCUT2D eigenvalue weighted by Crippen LogP contribution is -2.30. The van der Waals surface area contributed by atoms with Crippen LogP contribution in [0, 0.1) is 11.8 Å². The Labute approximate surface area is 311 Å². The Balaban J connectivity index is 1.02. The van der Waals surface area contributed by atoms with Crippen molar-refractivity contribution < 1.29 is 0 Å². The molecular weight excluding hydrogens is 657 g/mol. The van der Waals surface area contributed by atoms with Crippen LogP contribution in [0.5, 0.6) is 0 Å². The summed E-state index contributed by atoms with van der Waals surface area (Å²) in [5.74, 6) is 0.386. The van der Waals surface area contributed by atoms with Gasteiger partial charge in [-0.2, -0.15) is 0 Å². The molecule has 12 rings (SSSR count). The van der Waals surface area contributed by atoms with Crippen molar-refractivity contribution in [2.75, 3.05) is 0 Å². The number of aromatic nitrogens is 4. The number of pyridine rings is 4. The Morgan fingerprint density at radius 3 is 2.20 bits per heavy atom. The number of hydrogen-bond acceptors (Lipinski definition) is 4. The number of fused-ring (bicyclic) bond motifs is 7. The second kappa shape index (κ2) is 11.2. The van der Waals surface area contributed by atoms with Crippen LogP contribution in [0.2, 0.25) is 0 Å². The number of nitrogens with zero attached hydrogens (tertiary/aromatic N) is 4. The SMILES string of the molecule is C1=CC2=C(c3ccc4ccc5c(-c6ccccc6)c6ccccc6nc5c4n3)C=CC3=CC=C4C(c5cc6cccnc6c6ncccc56)=CC=C1C4C32. The molecule has 2 atom stereocenters. The zero-order valence-electron chi connectivity index (χ0n) is 29.1. The lowest BCUT2D eigenvalue weighted by Gasteiger charge is -2.42. The zero-order valence-corrected chi connectivity index (χ0v) is 29.1. The average Bonchev–Trinajstić information content (AvgIpc) is 3.24. The Morgan fingerprint density at radius 2 is 1.26 bits per heavy atom. The summed E-state index contributed by atoms with van der Waals surface area (Å²) in [7, 11) is 0. The molecule has 4 aliphatic carbocycles. The minimum Gasteiger partial charge on any atom is -0.254 e. The van der Waals surface area contributed by atoms with Crippen LogP contribution in [0.4, 0.5) is 0 Å². The van der Waals surface area contributed by atoms with Crippen LogP contribution in [0.15, 0.2) is 192 Å². The molecule has 8 aromatic rings. The molecule has 250 valence electrons. The third-order valence-electron chi connectivity index (χ3n) is 11.7. The van der Waals surface area contributed by atoms with Crippen LogP contribution >= 0.6 is 0 Å². The molecule has 0 fully saturated rings. The Morgan fingerprint density at radius 1 is 0.481 bits per heavy atom. The number of hydrogen-bond donors (Lipinski definition) is 0. The van der Waals surface area contributed by atoms with Gasteiger partial charge in [0.15, 0.2) is 0 Å². The van der Waals surface area contributed by atoms with E-state index < -0.39 is 0 Å². The lowest BCUT2D eigenvalue weighted by atomic mass is 9.61. The molecule has 4 heteroatoms. The van der Waals surface area contributed by atoms with E-state index >= 15 is 0 Å². The zero-order chi connectivity index (χ0) is 35.3. The molecule has 0 saturated heterocycles. The Hall–Kier alpha value is -7.04. The van der Waals surface area contributed by atoms with Gasteiger partial charge < -0.3 is 0 Å². The van der Waals surface area contributed by atoms with Gasteiger partial charge in [0.25, 0.3) is 0 Å². The highest BCUT2D eigenvalue weighted by molar-refractivity contribution is 6.16. The largest absolute Gasteiger partial charge is 0.254 e. The molecule has 0 N–H and O–H groups in total. The van der Waals surface area contributed by atoms with Crippen molar-refractivity contribution >= 4 is 65.7 Å². The van der Waals surface area contributed by atoms with Gasteiger partial charge in [-0.3, -0.25) is 9.97 Å². The fourth-order valence-electron chi connectivity index (χ4n) is 9.35. The van der Waals surface area contributed by atoms with E-state index in [1.807, 2.05) is 24.5 Å². The molecule has 0 spiro atoms. The fourth-order valence-corrected chi connectivity index (χ4v) is 9.35. The quantitative estimate of drug-likeness (QED) is 0.137. The predicted octanol–water partition coefficient (Wildman–Crippen LogP) is 11.7. The topological polar surface area (TPSA) is 51.6 Å². The third-order valence-corrected chi connectivity index (χ3v) is 11.7. The first-order valence-corrected chi connectivity index (χ1v) is 18.5. The van der Waals surface area contributed by atoms with E-state index in [1.165, 1.54) is 50.1 Å². The van der Waals surface area contributed by atoms with Crippen LogP contribution in [0.3, 0.4) is 0 Å². The van der Waals surface area contributed by atoms with Crippen molar-refractivity contribution in [1.82, 2.24) is 19.9 Å². The van der Waals surface area contributed by atoms with Crippen LogP contribution in [0.1, 0.15) is 11.3 Å². The number of allylic oxidation sites excluding steroid dienone is 14. The molecule has 4 nitrogen and oxygen atoms in total. The number of para-hydroxylation sites is 1. The molecule has 4 heterocycles. The van der Waals surface area contributed by atoms with E-state index in [0.29, 0.717) is 0 Å². The maximum Gasteiger partial charge on any atom is 0.0978 e. The Bertz CT molecular complexity index is 3210. The summed E-state index contributed by atoms with van der Waals surface area (Å²) in [6, 6.07) is 38.6. The molecule has 4 aromatic carbocycles. The van der Waals surface area contributed by atoms with Crippen LogP contribution in [0.25, 0.3) is 76.8 Å². The highest BCUT2D eigenvalue weighted by atomic mass is 14.8. The van der Waals surface area contributed by atoms with Gasteiger partial charge in [0.2, 0.25) is 0 Å². The number of benzene rings is 4. The summed E-state index contributed by atoms with van der Waals surface area (Å²) in [6.07, 6.45) is 22.2. The summed E-state index contributed by atoms with van der Waals surface area (Å²) in [5.41, 5.74) is 17.0. The van der Waals surface area contributed by atoms with Gasteiger partial charge in [0.1, 0.15) is 0 Å². The first-order chi connectivity index (χ1) is 26.8. The molecular formula is C50H30N4. The van der Waals surface area contributed by atoms with Gasteiger partial charge in [0.05, 0.1) is 33.3 Å². The molecule has 4 aromatic heterocycles. The second-order valence-electron chi connectivity index (χ2n) is 14.5. The van der Waals surface area contributed by atoms with Crippen molar-refractivity contribution in [3.05, 3.63) is 204 Å². The van der Waals surface area contributed by atoms with Gasteiger partial charge in [-0.15, -0.1) is 0 Å². The molecule has 0 aliphatic heterocycles. The maximum atomic E-state index is 5.47. The van der Waals surface area contributed by atoms with Gasteiger partial charge in [-0.05, 0) is 69.3 Å². The molecule has 0 radical (unpaired) electrons. The van der Waals surface area contributed by atoms with Crippen LogP contribution < -0.4 is 0 Å². The standard InChI is InChI=1S/C50H30N4/c1-2-8-29(9-3-1)44-39-11-4-5-13-42(39)54-50-40(44)24-18-32-19-25-43(53-48(32)50)35-21-15-31-16-22-36-34(20-14-30-17-23-37(35)46(31)45(30)36)41-28-33-10-6-26-51-47(33)49-38(41)12-7-27-52-49/h1-28,45-46H. The fraction of sp³-hybridized carbons (Fsp3) is 0.0400. The van der Waals surface area contributed by atoms with Crippen LogP contribution in [-0.2, 0) is 0 Å². The average molecular weight is 687 g/mol. The van der Waals surface area contributed by atoms with Gasteiger partial charge in [0, 0.05) is 62.3 Å². The lowest BCUT2D eigenvalue weighted by molar-refractivity contribution is 0.569. The maximum absolute atomic E-state index is 5.47. The van der Waals surface area contributed by atoms with Gasteiger partial charge in [-0.1, -0.05) is 127 Å². The highest BCUT2D eigenvalue weighted by Crippen LogP contribution is 2.54. The van der Waals surface area contributed by atoms with E-state index in [-0.39, 0.29) is 11.8 Å². The molecule has 2 unspecified atom stereocenters. The molecule has 0 saturated carbocycles.